The molecule has 0 aromatic heterocycles. The minimum absolute atomic E-state index is 0.0568. The van der Waals surface area contributed by atoms with Crippen molar-refractivity contribution >= 4 is 10.0 Å². The number of sulfonamides is 1. The lowest BCUT2D eigenvalue weighted by molar-refractivity contribution is 0.0640. The lowest BCUT2D eigenvalue weighted by Crippen LogP contribution is -2.39. The Kier molecular flexibility index (Phi) is 4.76. The number of likely N-dealkylation sites (N-methyl/N-ethyl adjacent to an activating group) is 1. The van der Waals surface area contributed by atoms with Crippen molar-refractivity contribution in [1.82, 2.24) is 4.31 Å². The molecule has 4 nitrogen and oxygen atoms in total. The minimum atomic E-state index is -3.55. The molecule has 0 atom stereocenters. The molecule has 0 fully saturated rings. The molecule has 0 bridgehead atoms. The number of hydrogen-bond donors (Lipinski definition) is 1. The molecule has 0 aliphatic heterocycles. The third kappa shape index (κ3) is 4.30. The third-order valence-corrected chi connectivity index (χ3v) is 4.64. The van der Waals surface area contributed by atoms with E-state index < -0.39 is 15.6 Å². The van der Waals surface area contributed by atoms with Gasteiger partial charge in [0, 0.05) is 13.6 Å². The van der Waals surface area contributed by atoms with E-state index >= 15 is 0 Å². The van der Waals surface area contributed by atoms with E-state index in [0.717, 1.165) is 5.56 Å². The molecule has 0 aliphatic carbocycles. The van der Waals surface area contributed by atoms with Gasteiger partial charge in [-0.2, -0.15) is 4.31 Å². The van der Waals surface area contributed by atoms with Crippen LogP contribution >= 0.6 is 0 Å². The molecular formula is C14H23NO3S. The fourth-order valence-electron chi connectivity index (χ4n) is 1.84. The van der Waals surface area contributed by atoms with Crippen LogP contribution in [0.1, 0.15) is 39.2 Å². The molecule has 0 unspecified atom stereocenters. The summed E-state index contributed by atoms with van der Waals surface area (Å²) < 4.78 is 26.0. The maximum absolute atomic E-state index is 12.4. The number of benzene rings is 1. The van der Waals surface area contributed by atoms with Crippen molar-refractivity contribution < 1.29 is 13.5 Å². The van der Waals surface area contributed by atoms with E-state index in [9.17, 15) is 13.5 Å². The van der Waals surface area contributed by atoms with E-state index in [2.05, 4.69) is 0 Å². The Balaban J connectivity index is 3.10. The van der Waals surface area contributed by atoms with Crippen LogP contribution in [0, 0.1) is 0 Å². The fraction of sp³-hybridized carbons (Fsp3) is 0.571. The second kappa shape index (κ2) is 5.61. The summed E-state index contributed by atoms with van der Waals surface area (Å²) in [5.41, 5.74) is -0.0740. The standard InChI is InChI=1S/C14H23NO3S/c1-11(2)12-7-6-8-13(9-12)19(17,18)15(5)10-14(3,4)16/h6-9,11,16H,10H2,1-5H3. The molecule has 19 heavy (non-hydrogen) atoms. The highest BCUT2D eigenvalue weighted by atomic mass is 32.2. The molecule has 0 heterocycles. The van der Waals surface area contributed by atoms with E-state index in [1.165, 1.54) is 11.4 Å². The summed E-state index contributed by atoms with van der Waals surface area (Å²) in [6, 6.07) is 6.95. The predicted molar refractivity (Wildman–Crippen MR) is 76.6 cm³/mol. The molecule has 0 spiro atoms. The van der Waals surface area contributed by atoms with E-state index in [-0.39, 0.29) is 17.4 Å². The van der Waals surface area contributed by atoms with Gasteiger partial charge in [-0.1, -0.05) is 26.0 Å². The van der Waals surface area contributed by atoms with Crippen LogP contribution in [0.4, 0.5) is 0 Å². The topological polar surface area (TPSA) is 57.6 Å². The fourth-order valence-corrected chi connectivity index (χ4v) is 3.23. The summed E-state index contributed by atoms with van der Waals surface area (Å²) in [7, 11) is -2.07. The first-order chi connectivity index (χ1) is 8.54. The maximum Gasteiger partial charge on any atom is 0.242 e. The van der Waals surface area contributed by atoms with E-state index in [1.54, 1.807) is 32.0 Å². The van der Waals surface area contributed by atoms with Crippen molar-refractivity contribution in [2.45, 2.75) is 44.1 Å². The molecule has 5 heteroatoms. The summed E-state index contributed by atoms with van der Waals surface area (Å²) in [6.45, 7) is 7.27. The normalized spacial score (nSPS) is 13.3. The zero-order valence-electron chi connectivity index (χ0n) is 12.2. The first kappa shape index (κ1) is 16.1. The summed E-state index contributed by atoms with van der Waals surface area (Å²) >= 11 is 0. The average Bonchev–Trinajstić information content (AvgIpc) is 2.26. The van der Waals surface area contributed by atoms with Crippen LogP contribution in [0.25, 0.3) is 0 Å². The first-order valence-electron chi connectivity index (χ1n) is 6.33. The minimum Gasteiger partial charge on any atom is -0.389 e. The largest absolute Gasteiger partial charge is 0.389 e. The monoisotopic (exact) mass is 285 g/mol. The van der Waals surface area contributed by atoms with Gasteiger partial charge in [-0.15, -0.1) is 0 Å². The molecule has 0 saturated carbocycles. The quantitative estimate of drug-likeness (QED) is 0.902. The molecule has 1 rings (SSSR count). The zero-order chi connectivity index (χ0) is 14.8. The van der Waals surface area contributed by atoms with E-state index in [4.69, 9.17) is 0 Å². The van der Waals surface area contributed by atoms with Gasteiger partial charge in [0.05, 0.1) is 10.5 Å². The van der Waals surface area contributed by atoms with Crippen molar-refractivity contribution in [3.05, 3.63) is 29.8 Å². The second-order valence-electron chi connectivity index (χ2n) is 5.80. The molecule has 0 radical (unpaired) electrons. The lowest BCUT2D eigenvalue weighted by atomic mass is 10.0. The smallest absolute Gasteiger partial charge is 0.242 e. The maximum atomic E-state index is 12.4. The van der Waals surface area contributed by atoms with Gasteiger partial charge in [0.2, 0.25) is 10.0 Å². The van der Waals surface area contributed by atoms with Crippen LogP contribution in [0.2, 0.25) is 0 Å². The number of hydrogen-bond acceptors (Lipinski definition) is 3. The Morgan fingerprint density at radius 1 is 1.32 bits per heavy atom. The third-order valence-electron chi connectivity index (χ3n) is 2.84. The Hall–Kier alpha value is -0.910. The Bertz CT molecular complexity index is 530. The van der Waals surface area contributed by atoms with Gasteiger partial charge in [-0.3, -0.25) is 0 Å². The molecule has 0 aliphatic rings. The molecule has 0 amide bonds. The van der Waals surface area contributed by atoms with Gasteiger partial charge >= 0.3 is 0 Å². The number of nitrogens with zero attached hydrogens (tertiary/aromatic N) is 1. The summed E-state index contributed by atoms with van der Waals surface area (Å²) in [5.74, 6) is 0.273. The molecule has 1 aromatic carbocycles. The van der Waals surface area contributed by atoms with Crippen molar-refractivity contribution in [2.24, 2.45) is 0 Å². The van der Waals surface area contributed by atoms with Crippen molar-refractivity contribution in [3.63, 3.8) is 0 Å². The molecule has 1 N–H and O–H groups in total. The Labute approximate surface area is 116 Å². The van der Waals surface area contributed by atoms with Gasteiger partial charge < -0.3 is 5.11 Å². The molecule has 0 saturated heterocycles. The Morgan fingerprint density at radius 2 is 1.89 bits per heavy atom. The van der Waals surface area contributed by atoms with Crippen LogP contribution in [0.3, 0.4) is 0 Å². The predicted octanol–water partition coefficient (Wildman–Crippen LogP) is 2.20. The van der Waals surface area contributed by atoms with Crippen molar-refractivity contribution in [3.8, 4) is 0 Å². The highest BCUT2D eigenvalue weighted by Crippen LogP contribution is 2.21. The van der Waals surface area contributed by atoms with Crippen LogP contribution in [-0.4, -0.2) is 37.0 Å². The second-order valence-corrected chi connectivity index (χ2v) is 7.85. The molecule has 108 valence electrons. The van der Waals surface area contributed by atoms with Gasteiger partial charge in [0.15, 0.2) is 0 Å². The lowest BCUT2D eigenvalue weighted by Gasteiger charge is -2.25. The summed E-state index contributed by atoms with van der Waals surface area (Å²) in [5, 5.41) is 9.74. The van der Waals surface area contributed by atoms with Gasteiger partial charge in [-0.05, 0) is 37.5 Å². The first-order valence-corrected chi connectivity index (χ1v) is 7.77. The van der Waals surface area contributed by atoms with Gasteiger partial charge in [0.25, 0.3) is 0 Å². The number of aliphatic hydroxyl groups is 1. The average molecular weight is 285 g/mol. The van der Waals surface area contributed by atoms with Crippen LogP contribution < -0.4 is 0 Å². The van der Waals surface area contributed by atoms with Crippen LogP contribution in [0.15, 0.2) is 29.2 Å². The van der Waals surface area contributed by atoms with E-state index in [1.807, 2.05) is 19.9 Å². The zero-order valence-corrected chi connectivity index (χ0v) is 13.0. The van der Waals surface area contributed by atoms with Gasteiger partial charge in [-0.25, -0.2) is 8.42 Å². The molecular weight excluding hydrogens is 262 g/mol. The van der Waals surface area contributed by atoms with Gasteiger partial charge in [0.1, 0.15) is 0 Å². The summed E-state index contributed by atoms with van der Waals surface area (Å²) in [6.07, 6.45) is 0. The highest BCUT2D eigenvalue weighted by Gasteiger charge is 2.26. The van der Waals surface area contributed by atoms with Crippen LogP contribution in [-0.2, 0) is 10.0 Å². The summed E-state index contributed by atoms with van der Waals surface area (Å²) in [4.78, 5) is 0.269. The SMILES string of the molecule is CC(C)c1cccc(S(=O)(=O)N(C)CC(C)(C)O)c1. The molecule has 1 aromatic rings. The Morgan fingerprint density at radius 3 is 2.37 bits per heavy atom. The van der Waals surface area contributed by atoms with Crippen molar-refractivity contribution in [1.29, 1.82) is 0 Å². The van der Waals surface area contributed by atoms with Crippen LogP contribution in [0.5, 0.6) is 0 Å². The van der Waals surface area contributed by atoms with Crippen molar-refractivity contribution in [2.75, 3.05) is 13.6 Å². The number of rotatable bonds is 5. The van der Waals surface area contributed by atoms with E-state index in [0.29, 0.717) is 0 Å². The highest BCUT2D eigenvalue weighted by molar-refractivity contribution is 7.89.